The molecule has 0 saturated heterocycles. The molecule has 0 N–H and O–H groups in total. The van der Waals surface area contributed by atoms with E-state index < -0.39 is 29.5 Å². The number of allylic oxidation sites excluding steroid dienone is 2. The maximum atomic E-state index is 13.4. The summed E-state index contributed by atoms with van der Waals surface area (Å²) < 4.78 is 45.0. The fourth-order valence-corrected chi connectivity index (χ4v) is 5.32. The van der Waals surface area contributed by atoms with Crippen LogP contribution in [-0.2, 0) is 20.5 Å². The zero-order valence-electron chi connectivity index (χ0n) is 16.9. The van der Waals surface area contributed by atoms with Gasteiger partial charge < -0.3 is 4.74 Å². The van der Waals surface area contributed by atoms with E-state index in [1.54, 1.807) is 18.3 Å². The second-order valence-corrected chi connectivity index (χ2v) is 8.74. The predicted octanol–water partition coefficient (Wildman–Crippen LogP) is 5.52. The van der Waals surface area contributed by atoms with E-state index in [2.05, 4.69) is 4.99 Å². The summed E-state index contributed by atoms with van der Waals surface area (Å²) in [6.07, 6.45) is -3.80. The number of thiophene rings is 1. The normalized spacial score (nSPS) is 24.0. The number of Topliss-reactive ketones (excluding diaryl/α,β-unsaturated/α-hetero) is 1. The highest BCUT2D eigenvalue weighted by Crippen LogP contribution is 2.47. The molecule has 1 aromatic heterocycles. The van der Waals surface area contributed by atoms with Crippen molar-refractivity contribution < 1.29 is 27.5 Å². The molecule has 0 fully saturated rings. The maximum Gasteiger partial charge on any atom is 0.416 e. The molecule has 2 heterocycles. The Bertz CT molecular complexity index is 1090. The van der Waals surface area contributed by atoms with Gasteiger partial charge in [0.05, 0.1) is 12.7 Å². The van der Waals surface area contributed by atoms with E-state index in [-0.39, 0.29) is 23.7 Å². The number of esters is 1. The molecule has 0 saturated carbocycles. The van der Waals surface area contributed by atoms with E-state index in [0.29, 0.717) is 23.4 Å². The van der Waals surface area contributed by atoms with Crippen LogP contribution < -0.4 is 0 Å². The van der Waals surface area contributed by atoms with E-state index in [1.165, 1.54) is 19.2 Å². The third-order valence-corrected chi connectivity index (χ3v) is 6.90. The Kier molecular flexibility index (Phi) is 5.60. The van der Waals surface area contributed by atoms with Gasteiger partial charge in [0.1, 0.15) is 5.92 Å². The summed E-state index contributed by atoms with van der Waals surface area (Å²) >= 11 is 1.56. The van der Waals surface area contributed by atoms with Crippen molar-refractivity contribution >= 4 is 28.8 Å². The topological polar surface area (TPSA) is 55.7 Å². The molecule has 8 heteroatoms. The average molecular weight is 447 g/mol. The molecular weight excluding hydrogens is 427 g/mol. The molecule has 0 amide bonds. The summed E-state index contributed by atoms with van der Waals surface area (Å²) in [6.45, 7) is 1.66. The Balaban J connectivity index is 1.85. The summed E-state index contributed by atoms with van der Waals surface area (Å²) in [5, 5.41) is 1.94. The van der Waals surface area contributed by atoms with Crippen LogP contribution in [0.5, 0.6) is 0 Å². The van der Waals surface area contributed by atoms with Gasteiger partial charge >= 0.3 is 12.1 Å². The van der Waals surface area contributed by atoms with Crippen molar-refractivity contribution in [2.45, 2.75) is 37.8 Å². The SMILES string of the molecule is COC(=O)C1C(C)=NC2=C(C(=O)CC(c3cccs3)C2)C1c1cccc(C(F)(F)F)c1. The number of hydrogen-bond acceptors (Lipinski definition) is 5. The van der Waals surface area contributed by atoms with Gasteiger partial charge in [-0.2, -0.15) is 13.2 Å². The third kappa shape index (κ3) is 3.96. The minimum Gasteiger partial charge on any atom is -0.468 e. The number of ether oxygens (including phenoxy) is 1. The van der Waals surface area contributed by atoms with Gasteiger partial charge in [-0.1, -0.05) is 24.3 Å². The molecule has 162 valence electrons. The van der Waals surface area contributed by atoms with Crippen LogP contribution in [0, 0.1) is 5.92 Å². The predicted molar refractivity (Wildman–Crippen MR) is 111 cm³/mol. The molecule has 31 heavy (non-hydrogen) atoms. The lowest BCUT2D eigenvalue weighted by Gasteiger charge is -2.36. The van der Waals surface area contributed by atoms with Gasteiger partial charge in [0.2, 0.25) is 0 Å². The lowest BCUT2D eigenvalue weighted by molar-refractivity contribution is -0.143. The van der Waals surface area contributed by atoms with Crippen LogP contribution in [0.1, 0.15) is 47.6 Å². The van der Waals surface area contributed by atoms with Crippen molar-refractivity contribution in [3.05, 3.63) is 69.1 Å². The highest BCUT2D eigenvalue weighted by molar-refractivity contribution is 7.10. The summed E-state index contributed by atoms with van der Waals surface area (Å²) in [5.74, 6) is -2.65. The first kappa shape index (κ1) is 21.5. The number of aliphatic imine (C=N–C) groups is 1. The number of benzene rings is 1. The zero-order chi connectivity index (χ0) is 22.3. The molecule has 4 rings (SSSR count). The second-order valence-electron chi connectivity index (χ2n) is 7.76. The molecule has 1 aromatic carbocycles. The first-order chi connectivity index (χ1) is 14.7. The Morgan fingerprint density at radius 1 is 1.19 bits per heavy atom. The first-order valence-corrected chi connectivity index (χ1v) is 10.7. The van der Waals surface area contributed by atoms with Gasteiger partial charge in [-0.05, 0) is 36.4 Å². The Morgan fingerprint density at radius 2 is 1.97 bits per heavy atom. The lowest BCUT2D eigenvalue weighted by atomic mass is 9.70. The van der Waals surface area contributed by atoms with E-state index in [9.17, 15) is 22.8 Å². The number of carbonyl (C=O) groups is 2. The second kappa shape index (κ2) is 8.07. The van der Waals surface area contributed by atoms with Gasteiger partial charge in [-0.15, -0.1) is 11.3 Å². The summed E-state index contributed by atoms with van der Waals surface area (Å²) in [4.78, 5) is 31.5. The highest BCUT2D eigenvalue weighted by atomic mass is 32.1. The zero-order valence-corrected chi connectivity index (χ0v) is 17.7. The van der Waals surface area contributed by atoms with E-state index >= 15 is 0 Å². The van der Waals surface area contributed by atoms with Gasteiger partial charge in [0.15, 0.2) is 5.78 Å². The van der Waals surface area contributed by atoms with Crippen molar-refractivity contribution in [2.75, 3.05) is 7.11 Å². The van der Waals surface area contributed by atoms with Gasteiger partial charge in [0, 0.05) is 40.1 Å². The van der Waals surface area contributed by atoms with Crippen LogP contribution in [-0.4, -0.2) is 24.6 Å². The quantitative estimate of drug-likeness (QED) is 0.583. The molecule has 1 aliphatic carbocycles. The fraction of sp³-hybridized carbons (Fsp3) is 0.348. The van der Waals surface area contributed by atoms with Crippen molar-refractivity contribution in [1.29, 1.82) is 0 Å². The number of rotatable bonds is 3. The fourth-order valence-electron chi connectivity index (χ4n) is 4.49. The maximum absolute atomic E-state index is 13.4. The molecule has 4 nitrogen and oxygen atoms in total. The number of carbonyl (C=O) groups excluding carboxylic acids is 2. The van der Waals surface area contributed by atoms with E-state index in [0.717, 1.165) is 17.0 Å². The molecule has 0 radical (unpaired) electrons. The van der Waals surface area contributed by atoms with Crippen LogP contribution in [0.2, 0.25) is 0 Å². The first-order valence-electron chi connectivity index (χ1n) is 9.80. The molecule has 2 aromatic rings. The van der Waals surface area contributed by atoms with Gasteiger partial charge in [-0.3, -0.25) is 14.6 Å². The Morgan fingerprint density at radius 3 is 2.61 bits per heavy atom. The number of halogens is 3. The number of methoxy groups -OCH3 is 1. The minimum atomic E-state index is -4.54. The molecule has 2 aliphatic rings. The van der Waals surface area contributed by atoms with Crippen molar-refractivity contribution in [1.82, 2.24) is 0 Å². The van der Waals surface area contributed by atoms with Crippen molar-refractivity contribution in [3.63, 3.8) is 0 Å². The molecule has 3 unspecified atom stereocenters. The van der Waals surface area contributed by atoms with Crippen LogP contribution in [0.3, 0.4) is 0 Å². The number of hydrogen-bond donors (Lipinski definition) is 0. The number of alkyl halides is 3. The standard InChI is InChI=1S/C23H20F3NO3S/c1-12-19(22(29)30-2)20(13-5-3-6-15(9-13)23(24,25)26)21-16(27-12)10-14(11-17(21)28)18-7-4-8-31-18/h3-9,14,19-20H,10-11H2,1-2H3. The Labute approximate surface area is 181 Å². The van der Waals surface area contributed by atoms with Crippen LogP contribution in [0.15, 0.2) is 58.0 Å². The van der Waals surface area contributed by atoms with Gasteiger partial charge in [-0.25, -0.2) is 0 Å². The lowest BCUT2D eigenvalue weighted by Crippen LogP contribution is -2.37. The van der Waals surface area contributed by atoms with E-state index in [1.807, 2.05) is 17.5 Å². The smallest absolute Gasteiger partial charge is 0.416 e. The van der Waals surface area contributed by atoms with Crippen molar-refractivity contribution in [3.8, 4) is 0 Å². The molecule has 0 spiro atoms. The van der Waals surface area contributed by atoms with E-state index in [4.69, 9.17) is 4.74 Å². The largest absolute Gasteiger partial charge is 0.468 e. The third-order valence-electron chi connectivity index (χ3n) is 5.86. The summed E-state index contributed by atoms with van der Waals surface area (Å²) in [6, 6.07) is 8.71. The van der Waals surface area contributed by atoms with Crippen LogP contribution >= 0.6 is 11.3 Å². The van der Waals surface area contributed by atoms with Crippen LogP contribution in [0.25, 0.3) is 0 Å². The Hall–Kier alpha value is -2.74. The van der Waals surface area contributed by atoms with Crippen LogP contribution in [0.4, 0.5) is 13.2 Å². The molecule has 1 aliphatic heterocycles. The molecule has 0 bridgehead atoms. The van der Waals surface area contributed by atoms with Crippen molar-refractivity contribution in [2.24, 2.45) is 10.9 Å². The molecule has 3 atom stereocenters. The highest BCUT2D eigenvalue weighted by Gasteiger charge is 2.45. The monoisotopic (exact) mass is 447 g/mol. The van der Waals surface area contributed by atoms with Gasteiger partial charge in [0.25, 0.3) is 0 Å². The number of ketones is 1. The average Bonchev–Trinajstić information content (AvgIpc) is 3.26. The summed E-state index contributed by atoms with van der Waals surface area (Å²) in [5.41, 5.74) is 0.751. The molecular formula is C23H20F3NO3S. The number of nitrogens with zero attached hydrogens (tertiary/aromatic N) is 1. The summed E-state index contributed by atoms with van der Waals surface area (Å²) in [7, 11) is 1.22. The minimum absolute atomic E-state index is 0.0281.